The summed E-state index contributed by atoms with van der Waals surface area (Å²) in [5, 5.41) is 0.585. The molecular formula is C18H16ClFN2O3S. The van der Waals surface area contributed by atoms with Crippen molar-refractivity contribution in [2.45, 2.75) is 27.3 Å². The Morgan fingerprint density at radius 2 is 2.12 bits per heavy atom. The molecule has 0 spiro atoms. The number of carbonyl (C=O) groups is 1. The van der Waals surface area contributed by atoms with Crippen LogP contribution in [0.5, 0.6) is 0 Å². The summed E-state index contributed by atoms with van der Waals surface area (Å²) in [7, 11) is 0. The van der Waals surface area contributed by atoms with Crippen molar-refractivity contribution in [1.82, 2.24) is 9.55 Å². The van der Waals surface area contributed by atoms with Gasteiger partial charge in [-0.05, 0) is 38.5 Å². The molecule has 0 aliphatic carbocycles. The van der Waals surface area contributed by atoms with Gasteiger partial charge >= 0.3 is 5.97 Å². The molecular weight excluding hydrogens is 379 g/mol. The number of nitrogens with zero attached hydrogens (tertiary/aromatic N) is 2. The molecule has 0 saturated carbocycles. The van der Waals surface area contributed by atoms with Crippen molar-refractivity contribution < 1.29 is 13.9 Å². The van der Waals surface area contributed by atoms with Gasteiger partial charge in [0.25, 0.3) is 5.56 Å². The van der Waals surface area contributed by atoms with E-state index in [1.54, 1.807) is 26.8 Å². The lowest BCUT2D eigenvalue weighted by Crippen LogP contribution is -2.25. The zero-order valence-corrected chi connectivity index (χ0v) is 16.0. The van der Waals surface area contributed by atoms with E-state index < -0.39 is 11.8 Å². The molecule has 0 saturated heterocycles. The van der Waals surface area contributed by atoms with Crippen LogP contribution in [0.2, 0.25) is 5.02 Å². The Balaban J connectivity index is 2.18. The molecule has 0 bridgehead atoms. The Bertz CT molecular complexity index is 1050. The summed E-state index contributed by atoms with van der Waals surface area (Å²) in [5.74, 6) is -0.551. The number of halogens is 2. The number of thiophene rings is 1. The number of aryl methyl sites for hydroxylation is 2. The highest BCUT2D eigenvalue weighted by atomic mass is 35.5. The summed E-state index contributed by atoms with van der Waals surface area (Å²) in [4.78, 5) is 30.3. The summed E-state index contributed by atoms with van der Waals surface area (Å²) in [5.41, 5.74) is 0.407. The number of ether oxygens (including phenoxy) is 1. The number of rotatable bonds is 4. The average Bonchev–Trinajstić information content (AvgIpc) is 2.90. The van der Waals surface area contributed by atoms with Gasteiger partial charge < -0.3 is 4.74 Å². The minimum Gasteiger partial charge on any atom is -0.462 e. The fraction of sp³-hybridized carbons (Fsp3) is 0.278. The molecule has 0 aliphatic heterocycles. The Labute approximate surface area is 158 Å². The van der Waals surface area contributed by atoms with Crippen LogP contribution in [-0.4, -0.2) is 22.1 Å². The molecule has 136 valence electrons. The Hall–Kier alpha value is -2.25. The zero-order valence-electron chi connectivity index (χ0n) is 14.4. The van der Waals surface area contributed by atoms with Gasteiger partial charge in [-0.2, -0.15) is 0 Å². The summed E-state index contributed by atoms with van der Waals surface area (Å²) >= 11 is 7.20. The van der Waals surface area contributed by atoms with Crippen molar-refractivity contribution in [3.8, 4) is 0 Å². The molecule has 3 aromatic rings. The minimum absolute atomic E-state index is 0.0386. The lowest BCUT2D eigenvalue weighted by atomic mass is 10.2. The number of esters is 1. The van der Waals surface area contributed by atoms with E-state index in [4.69, 9.17) is 16.3 Å². The molecule has 0 amide bonds. The van der Waals surface area contributed by atoms with E-state index in [-0.39, 0.29) is 29.3 Å². The van der Waals surface area contributed by atoms with Crippen LogP contribution in [0.1, 0.15) is 33.5 Å². The first-order valence-corrected chi connectivity index (χ1v) is 9.15. The summed E-state index contributed by atoms with van der Waals surface area (Å²) in [6.45, 7) is 5.27. The van der Waals surface area contributed by atoms with Crippen LogP contribution in [0.3, 0.4) is 0 Å². The fourth-order valence-electron chi connectivity index (χ4n) is 2.74. The summed E-state index contributed by atoms with van der Waals surface area (Å²) in [6.07, 6.45) is 0. The van der Waals surface area contributed by atoms with E-state index >= 15 is 0 Å². The largest absolute Gasteiger partial charge is 0.462 e. The number of benzene rings is 1. The monoisotopic (exact) mass is 394 g/mol. The van der Waals surface area contributed by atoms with Crippen LogP contribution in [-0.2, 0) is 11.3 Å². The number of hydrogen-bond acceptors (Lipinski definition) is 5. The second-order valence-corrected chi connectivity index (χ2v) is 7.11. The van der Waals surface area contributed by atoms with Crippen LogP contribution in [0, 0.1) is 19.7 Å². The van der Waals surface area contributed by atoms with Crippen molar-refractivity contribution in [2.75, 3.05) is 6.61 Å². The van der Waals surface area contributed by atoms with Crippen LogP contribution >= 0.6 is 22.9 Å². The van der Waals surface area contributed by atoms with E-state index in [0.29, 0.717) is 26.5 Å². The maximum Gasteiger partial charge on any atom is 0.348 e. The molecule has 0 unspecified atom stereocenters. The highest BCUT2D eigenvalue weighted by molar-refractivity contribution is 7.20. The molecule has 2 aromatic heterocycles. The highest BCUT2D eigenvalue weighted by Gasteiger charge is 2.22. The quantitative estimate of drug-likeness (QED) is 0.625. The molecule has 26 heavy (non-hydrogen) atoms. The first-order valence-electron chi connectivity index (χ1n) is 7.95. The van der Waals surface area contributed by atoms with Gasteiger partial charge in [-0.25, -0.2) is 14.2 Å². The van der Waals surface area contributed by atoms with Gasteiger partial charge in [-0.15, -0.1) is 11.3 Å². The third-order valence-corrected chi connectivity index (χ3v) is 5.60. The van der Waals surface area contributed by atoms with E-state index in [1.165, 1.54) is 16.7 Å². The third-order valence-electron chi connectivity index (χ3n) is 4.08. The number of carbonyl (C=O) groups excluding carboxylic acids is 1. The standard InChI is InChI=1S/C18H16ClFN2O3S/c1-4-25-18(24)15-9(2)14-16(26-15)21-10(3)22(17(14)23)8-11-12(19)6-5-7-13(11)20/h5-7H,4,8H2,1-3H3. The van der Waals surface area contributed by atoms with Gasteiger partial charge in [-0.1, -0.05) is 17.7 Å². The van der Waals surface area contributed by atoms with E-state index in [1.807, 2.05) is 0 Å². The van der Waals surface area contributed by atoms with Crippen LogP contribution in [0.4, 0.5) is 4.39 Å². The Morgan fingerprint density at radius 3 is 2.77 bits per heavy atom. The number of fused-ring (bicyclic) bond motifs is 1. The molecule has 3 rings (SSSR count). The van der Waals surface area contributed by atoms with Crippen molar-refractivity contribution in [3.05, 3.63) is 61.2 Å². The fourth-order valence-corrected chi connectivity index (χ4v) is 4.07. The van der Waals surface area contributed by atoms with E-state index in [2.05, 4.69) is 4.98 Å². The first kappa shape index (κ1) is 18.5. The Morgan fingerprint density at radius 1 is 1.38 bits per heavy atom. The lowest BCUT2D eigenvalue weighted by Gasteiger charge is -2.11. The molecule has 0 N–H and O–H groups in total. The maximum atomic E-state index is 14.1. The first-order chi connectivity index (χ1) is 12.3. The molecule has 0 fully saturated rings. The maximum absolute atomic E-state index is 14.1. The Kier molecular flexibility index (Phi) is 5.11. The van der Waals surface area contributed by atoms with Crippen molar-refractivity contribution in [2.24, 2.45) is 0 Å². The third kappa shape index (κ3) is 3.12. The van der Waals surface area contributed by atoms with Crippen molar-refractivity contribution in [3.63, 3.8) is 0 Å². The number of hydrogen-bond donors (Lipinski definition) is 0. The molecule has 0 atom stereocenters. The lowest BCUT2D eigenvalue weighted by molar-refractivity contribution is 0.0531. The predicted octanol–water partition coefficient (Wildman–Crippen LogP) is 4.09. The van der Waals surface area contributed by atoms with Crippen LogP contribution < -0.4 is 5.56 Å². The smallest absolute Gasteiger partial charge is 0.348 e. The minimum atomic E-state index is -0.488. The van der Waals surface area contributed by atoms with Gasteiger partial charge in [0.2, 0.25) is 0 Å². The second-order valence-electron chi connectivity index (χ2n) is 5.71. The van der Waals surface area contributed by atoms with Gasteiger partial charge in [0.1, 0.15) is 21.3 Å². The molecule has 5 nitrogen and oxygen atoms in total. The SMILES string of the molecule is CCOC(=O)c1sc2nc(C)n(Cc3c(F)cccc3Cl)c(=O)c2c1C. The second kappa shape index (κ2) is 7.17. The van der Waals surface area contributed by atoms with Crippen molar-refractivity contribution in [1.29, 1.82) is 0 Å². The van der Waals surface area contributed by atoms with Crippen LogP contribution in [0.25, 0.3) is 10.2 Å². The normalized spacial score (nSPS) is 11.1. The molecule has 2 heterocycles. The highest BCUT2D eigenvalue weighted by Crippen LogP contribution is 2.28. The van der Waals surface area contributed by atoms with E-state index in [9.17, 15) is 14.0 Å². The summed E-state index contributed by atoms with van der Waals surface area (Å²) < 4.78 is 20.5. The van der Waals surface area contributed by atoms with Gasteiger partial charge in [0.15, 0.2) is 0 Å². The van der Waals surface area contributed by atoms with E-state index in [0.717, 1.165) is 11.3 Å². The van der Waals surface area contributed by atoms with Gasteiger partial charge in [0, 0.05) is 10.6 Å². The van der Waals surface area contributed by atoms with Gasteiger partial charge in [-0.3, -0.25) is 9.36 Å². The predicted molar refractivity (Wildman–Crippen MR) is 99.8 cm³/mol. The topological polar surface area (TPSA) is 61.2 Å². The molecule has 0 radical (unpaired) electrons. The molecule has 0 aliphatic rings. The number of aromatic nitrogens is 2. The molecule has 8 heteroatoms. The zero-order chi connectivity index (χ0) is 19.0. The van der Waals surface area contributed by atoms with Crippen LogP contribution in [0.15, 0.2) is 23.0 Å². The summed E-state index contributed by atoms with van der Waals surface area (Å²) in [6, 6.07) is 4.37. The van der Waals surface area contributed by atoms with Crippen molar-refractivity contribution >= 4 is 39.1 Å². The van der Waals surface area contributed by atoms with Gasteiger partial charge in [0.05, 0.1) is 18.5 Å². The molecule has 1 aromatic carbocycles. The average molecular weight is 395 g/mol.